The van der Waals surface area contributed by atoms with E-state index >= 15 is 0 Å². The lowest BCUT2D eigenvalue weighted by molar-refractivity contribution is 0.572. The Bertz CT molecular complexity index is 683. The third-order valence-electron chi connectivity index (χ3n) is 3.38. The summed E-state index contributed by atoms with van der Waals surface area (Å²) in [5.41, 5.74) is 3.25. The average molecular weight is 282 g/mol. The molecule has 1 aromatic carbocycles. The van der Waals surface area contributed by atoms with E-state index in [9.17, 15) is 0 Å². The Labute approximate surface area is 123 Å². The zero-order valence-electron chi connectivity index (χ0n) is 12.2. The number of anilines is 1. The molecule has 108 valence electrons. The highest BCUT2D eigenvalue weighted by molar-refractivity contribution is 5.60. The number of imidazole rings is 1. The van der Waals surface area contributed by atoms with Gasteiger partial charge in [-0.25, -0.2) is 9.97 Å². The fourth-order valence-electron chi connectivity index (χ4n) is 2.24. The van der Waals surface area contributed by atoms with Crippen LogP contribution in [0, 0.1) is 0 Å². The lowest BCUT2D eigenvalue weighted by Crippen LogP contribution is -2.08. The van der Waals surface area contributed by atoms with Gasteiger partial charge in [-0.15, -0.1) is 0 Å². The minimum absolute atomic E-state index is 0.415. The Morgan fingerprint density at radius 1 is 1.14 bits per heavy atom. The number of nitrogens with one attached hydrogen (secondary N) is 1. The van der Waals surface area contributed by atoms with Crippen molar-refractivity contribution >= 4 is 5.69 Å². The Hall–Kier alpha value is -2.56. The molecule has 0 atom stereocenters. The van der Waals surface area contributed by atoms with Crippen molar-refractivity contribution in [2.24, 2.45) is 0 Å². The number of benzene rings is 1. The number of oxazole rings is 1. The zero-order valence-corrected chi connectivity index (χ0v) is 12.2. The maximum Gasteiger partial charge on any atom is 0.181 e. The molecular weight excluding hydrogens is 264 g/mol. The molecule has 0 aliphatic heterocycles. The topological polar surface area (TPSA) is 55.9 Å². The maximum absolute atomic E-state index is 5.28. The predicted octanol–water partition coefficient (Wildman–Crippen LogP) is 3.73. The van der Waals surface area contributed by atoms with E-state index in [1.54, 1.807) is 6.20 Å². The summed E-state index contributed by atoms with van der Waals surface area (Å²) in [6, 6.07) is 8.52. The summed E-state index contributed by atoms with van der Waals surface area (Å²) in [6.07, 6.45) is 6.92. The van der Waals surface area contributed by atoms with Gasteiger partial charge in [-0.2, -0.15) is 0 Å². The van der Waals surface area contributed by atoms with Gasteiger partial charge in [0, 0.05) is 23.5 Å². The fraction of sp³-hybridized carbons (Fsp3) is 0.250. The van der Waals surface area contributed by atoms with Gasteiger partial charge >= 0.3 is 0 Å². The molecule has 2 heterocycles. The quantitative estimate of drug-likeness (QED) is 0.774. The molecule has 0 saturated carbocycles. The molecule has 5 heteroatoms. The molecule has 0 aliphatic rings. The van der Waals surface area contributed by atoms with Crippen LogP contribution in [0.1, 0.15) is 25.6 Å². The second-order valence-corrected chi connectivity index (χ2v) is 5.18. The van der Waals surface area contributed by atoms with E-state index in [-0.39, 0.29) is 0 Å². The van der Waals surface area contributed by atoms with Gasteiger partial charge in [0.05, 0.1) is 24.8 Å². The first kappa shape index (κ1) is 13.4. The van der Waals surface area contributed by atoms with Crippen LogP contribution in [0.3, 0.4) is 0 Å². The Balaban J connectivity index is 1.67. The average Bonchev–Trinajstić information content (AvgIpc) is 3.17. The van der Waals surface area contributed by atoms with E-state index in [4.69, 9.17) is 4.42 Å². The summed E-state index contributed by atoms with van der Waals surface area (Å²) in [5, 5.41) is 3.41. The third-order valence-corrected chi connectivity index (χ3v) is 3.38. The fourth-order valence-corrected chi connectivity index (χ4v) is 2.24. The smallest absolute Gasteiger partial charge is 0.181 e. The molecule has 5 nitrogen and oxygen atoms in total. The van der Waals surface area contributed by atoms with Crippen LogP contribution in [-0.4, -0.2) is 14.5 Å². The van der Waals surface area contributed by atoms with Crippen LogP contribution < -0.4 is 5.32 Å². The molecule has 21 heavy (non-hydrogen) atoms. The van der Waals surface area contributed by atoms with Crippen LogP contribution in [0.2, 0.25) is 0 Å². The standard InChI is InChI=1S/C16H18N4O/c1-12(2)20-10-17-7-15(20)8-19-14-5-3-13(4-6-14)16-9-18-11-21-16/h3-7,9-12,19H,8H2,1-2H3. The van der Waals surface area contributed by atoms with Gasteiger partial charge in [0.25, 0.3) is 0 Å². The van der Waals surface area contributed by atoms with E-state index in [1.807, 2.05) is 36.8 Å². The summed E-state index contributed by atoms with van der Waals surface area (Å²) >= 11 is 0. The highest BCUT2D eigenvalue weighted by atomic mass is 16.3. The minimum Gasteiger partial charge on any atom is -0.444 e. The molecule has 0 amide bonds. The highest BCUT2D eigenvalue weighted by Gasteiger charge is 2.05. The Kier molecular flexibility index (Phi) is 3.73. The number of nitrogens with zero attached hydrogens (tertiary/aromatic N) is 3. The Morgan fingerprint density at radius 3 is 2.62 bits per heavy atom. The second-order valence-electron chi connectivity index (χ2n) is 5.18. The summed E-state index contributed by atoms with van der Waals surface area (Å²) in [4.78, 5) is 8.13. The molecule has 0 aliphatic carbocycles. The molecule has 0 bridgehead atoms. The molecule has 3 aromatic rings. The van der Waals surface area contributed by atoms with E-state index in [1.165, 1.54) is 12.1 Å². The van der Waals surface area contributed by atoms with E-state index in [0.717, 1.165) is 23.6 Å². The lowest BCUT2D eigenvalue weighted by Gasteiger charge is -2.13. The summed E-state index contributed by atoms with van der Waals surface area (Å²) in [6.45, 7) is 5.05. The van der Waals surface area contributed by atoms with Crippen molar-refractivity contribution in [2.45, 2.75) is 26.4 Å². The molecule has 0 saturated heterocycles. The van der Waals surface area contributed by atoms with Gasteiger partial charge in [-0.05, 0) is 38.1 Å². The molecule has 0 spiro atoms. The van der Waals surface area contributed by atoms with Crippen LogP contribution in [-0.2, 0) is 6.54 Å². The van der Waals surface area contributed by atoms with Gasteiger partial charge in [0.2, 0.25) is 0 Å². The van der Waals surface area contributed by atoms with E-state index < -0.39 is 0 Å². The monoisotopic (exact) mass is 282 g/mol. The van der Waals surface area contributed by atoms with Gasteiger partial charge in [0.15, 0.2) is 12.2 Å². The van der Waals surface area contributed by atoms with Crippen molar-refractivity contribution in [3.8, 4) is 11.3 Å². The second kappa shape index (κ2) is 5.83. The van der Waals surface area contributed by atoms with Crippen LogP contribution in [0.25, 0.3) is 11.3 Å². The first-order valence-corrected chi connectivity index (χ1v) is 6.97. The minimum atomic E-state index is 0.415. The number of aromatic nitrogens is 3. The molecule has 1 N–H and O–H groups in total. The third kappa shape index (κ3) is 2.97. The normalized spacial score (nSPS) is 11.0. The zero-order chi connectivity index (χ0) is 14.7. The summed E-state index contributed by atoms with van der Waals surface area (Å²) < 4.78 is 7.44. The number of rotatable bonds is 5. The van der Waals surface area contributed by atoms with Crippen molar-refractivity contribution < 1.29 is 4.42 Å². The molecule has 0 radical (unpaired) electrons. The van der Waals surface area contributed by atoms with Crippen LogP contribution in [0.4, 0.5) is 5.69 Å². The number of hydrogen-bond donors (Lipinski definition) is 1. The van der Waals surface area contributed by atoms with Crippen molar-refractivity contribution in [2.75, 3.05) is 5.32 Å². The van der Waals surface area contributed by atoms with Crippen molar-refractivity contribution in [1.82, 2.24) is 14.5 Å². The van der Waals surface area contributed by atoms with Gasteiger partial charge in [-0.3, -0.25) is 0 Å². The van der Waals surface area contributed by atoms with Crippen molar-refractivity contribution in [3.63, 3.8) is 0 Å². The van der Waals surface area contributed by atoms with Crippen molar-refractivity contribution in [3.05, 3.63) is 55.1 Å². The van der Waals surface area contributed by atoms with E-state index in [0.29, 0.717) is 6.04 Å². The van der Waals surface area contributed by atoms with Crippen LogP contribution in [0.15, 0.2) is 53.8 Å². The van der Waals surface area contributed by atoms with Crippen LogP contribution in [0.5, 0.6) is 0 Å². The molecule has 3 rings (SSSR count). The highest BCUT2D eigenvalue weighted by Crippen LogP contribution is 2.21. The van der Waals surface area contributed by atoms with Gasteiger partial charge < -0.3 is 14.3 Å². The van der Waals surface area contributed by atoms with Crippen LogP contribution >= 0.6 is 0 Å². The summed E-state index contributed by atoms with van der Waals surface area (Å²) in [7, 11) is 0. The van der Waals surface area contributed by atoms with Gasteiger partial charge in [-0.1, -0.05) is 0 Å². The largest absolute Gasteiger partial charge is 0.444 e. The van der Waals surface area contributed by atoms with Gasteiger partial charge in [0.1, 0.15) is 0 Å². The maximum atomic E-state index is 5.28. The first-order chi connectivity index (χ1) is 10.2. The SMILES string of the molecule is CC(C)n1cncc1CNc1ccc(-c2cnco2)cc1. The van der Waals surface area contributed by atoms with Crippen molar-refractivity contribution in [1.29, 1.82) is 0 Å². The summed E-state index contributed by atoms with van der Waals surface area (Å²) in [5.74, 6) is 0.777. The molecule has 0 fully saturated rings. The molecular formula is C16H18N4O. The Morgan fingerprint density at radius 2 is 1.95 bits per heavy atom. The number of hydrogen-bond acceptors (Lipinski definition) is 4. The predicted molar refractivity (Wildman–Crippen MR) is 81.9 cm³/mol. The van der Waals surface area contributed by atoms with E-state index in [2.05, 4.69) is 33.7 Å². The molecule has 0 unspecified atom stereocenters. The lowest BCUT2D eigenvalue weighted by atomic mass is 10.1. The molecule has 2 aromatic heterocycles. The first-order valence-electron chi connectivity index (χ1n) is 6.97.